The molecule has 1 unspecified atom stereocenters. The van der Waals surface area contributed by atoms with Gasteiger partial charge in [0, 0.05) is 30.3 Å². The molecule has 0 fully saturated rings. The predicted molar refractivity (Wildman–Crippen MR) is 86.8 cm³/mol. The molecule has 0 aromatic heterocycles. The van der Waals surface area contributed by atoms with Crippen LogP contribution in [0.3, 0.4) is 0 Å². The van der Waals surface area contributed by atoms with Gasteiger partial charge in [-0.2, -0.15) is 11.8 Å². The summed E-state index contributed by atoms with van der Waals surface area (Å²) in [5.74, 6) is -2.00. The number of rotatable bonds is 8. The van der Waals surface area contributed by atoms with E-state index in [9.17, 15) is 24.3 Å². The van der Waals surface area contributed by atoms with Gasteiger partial charge >= 0.3 is 5.97 Å². The van der Waals surface area contributed by atoms with Gasteiger partial charge in [0.2, 0.25) is 11.8 Å². The van der Waals surface area contributed by atoms with E-state index in [1.54, 1.807) is 11.8 Å². The Bertz CT molecular complexity index is 544. The van der Waals surface area contributed by atoms with E-state index in [-0.39, 0.29) is 48.3 Å². The molecule has 1 atom stereocenters. The van der Waals surface area contributed by atoms with Crippen molar-refractivity contribution in [3.05, 3.63) is 11.3 Å². The zero-order valence-electron chi connectivity index (χ0n) is 13.5. The van der Waals surface area contributed by atoms with Crippen LogP contribution in [0.2, 0.25) is 0 Å². The van der Waals surface area contributed by atoms with Crippen LogP contribution in [0.5, 0.6) is 0 Å². The minimum Gasteiger partial charge on any atom is -0.478 e. The molecule has 1 aliphatic rings. The quantitative estimate of drug-likeness (QED) is 0.628. The molecule has 2 N–H and O–H groups in total. The fourth-order valence-corrected chi connectivity index (χ4v) is 2.77. The van der Waals surface area contributed by atoms with Crippen molar-refractivity contribution in [3.8, 4) is 0 Å². The number of carbonyl (C=O) groups excluding carboxylic acids is 3. The number of nitrogens with zero attached hydrogens (tertiary/aromatic N) is 1. The average molecular weight is 342 g/mol. The van der Waals surface area contributed by atoms with E-state index in [0.717, 1.165) is 5.75 Å². The van der Waals surface area contributed by atoms with Gasteiger partial charge in [0.15, 0.2) is 0 Å². The van der Waals surface area contributed by atoms with Gasteiger partial charge in [-0.25, -0.2) is 4.79 Å². The molecular formula is C15H22N2O5S. The third kappa shape index (κ3) is 5.38. The van der Waals surface area contributed by atoms with Gasteiger partial charge in [0.1, 0.15) is 12.3 Å². The molecule has 1 aliphatic heterocycles. The van der Waals surface area contributed by atoms with E-state index < -0.39 is 11.9 Å². The van der Waals surface area contributed by atoms with Gasteiger partial charge in [-0.15, -0.1) is 0 Å². The van der Waals surface area contributed by atoms with Crippen molar-refractivity contribution < 1.29 is 24.3 Å². The van der Waals surface area contributed by atoms with E-state index in [2.05, 4.69) is 5.32 Å². The van der Waals surface area contributed by atoms with Crippen molar-refractivity contribution in [3.63, 3.8) is 0 Å². The van der Waals surface area contributed by atoms with Crippen molar-refractivity contribution >= 4 is 35.3 Å². The molecule has 0 aliphatic carbocycles. The molecule has 23 heavy (non-hydrogen) atoms. The highest BCUT2D eigenvalue weighted by atomic mass is 32.2. The Morgan fingerprint density at radius 2 is 2.04 bits per heavy atom. The number of amides is 2. The molecule has 128 valence electrons. The second kappa shape index (κ2) is 8.71. The number of nitrogens with one attached hydrogen (secondary N) is 1. The number of hydrogen-bond donors (Lipinski definition) is 2. The first-order chi connectivity index (χ1) is 10.8. The SMILES string of the molecule is CSCCNC(=O)CN1C(=O)C(CC(C)=O)CC(C(=O)O)=C1C. The number of aliphatic carboxylic acids is 1. The number of Topliss-reactive ketones (excluding diaryl/α,β-unsaturated/α-hetero) is 1. The predicted octanol–water partition coefficient (Wildman–Crippen LogP) is 0.652. The van der Waals surface area contributed by atoms with Crippen molar-refractivity contribution in [2.75, 3.05) is 25.1 Å². The zero-order chi connectivity index (χ0) is 17.6. The number of ketones is 1. The summed E-state index contributed by atoms with van der Waals surface area (Å²) in [4.78, 5) is 48.2. The maximum Gasteiger partial charge on any atom is 0.333 e. The lowest BCUT2D eigenvalue weighted by molar-refractivity contribution is -0.141. The monoisotopic (exact) mass is 342 g/mol. The molecule has 1 heterocycles. The van der Waals surface area contributed by atoms with Crippen LogP contribution in [0.4, 0.5) is 0 Å². The first kappa shape index (κ1) is 19.2. The van der Waals surface area contributed by atoms with E-state index in [4.69, 9.17) is 0 Å². The molecule has 7 nitrogen and oxygen atoms in total. The number of thioether (sulfide) groups is 1. The fourth-order valence-electron chi connectivity index (χ4n) is 2.47. The summed E-state index contributed by atoms with van der Waals surface area (Å²) in [7, 11) is 0. The van der Waals surface area contributed by atoms with Crippen molar-refractivity contribution in [2.24, 2.45) is 5.92 Å². The van der Waals surface area contributed by atoms with Crippen LogP contribution in [0, 0.1) is 5.92 Å². The van der Waals surface area contributed by atoms with Gasteiger partial charge in [-0.1, -0.05) is 0 Å². The minimum atomic E-state index is -1.13. The molecule has 0 spiro atoms. The van der Waals surface area contributed by atoms with Crippen LogP contribution >= 0.6 is 11.8 Å². The van der Waals surface area contributed by atoms with E-state index >= 15 is 0 Å². The lowest BCUT2D eigenvalue weighted by Gasteiger charge is -2.33. The average Bonchev–Trinajstić information content (AvgIpc) is 2.46. The van der Waals surface area contributed by atoms with Crippen molar-refractivity contribution in [2.45, 2.75) is 26.7 Å². The summed E-state index contributed by atoms with van der Waals surface area (Å²) in [5.41, 5.74) is 0.343. The number of carboxylic acids is 1. The van der Waals surface area contributed by atoms with Crippen LogP contribution in [-0.4, -0.2) is 58.7 Å². The number of hydrogen-bond acceptors (Lipinski definition) is 5. The number of carboxylic acid groups (broad SMARTS) is 1. The topological polar surface area (TPSA) is 104 Å². The Balaban J connectivity index is 2.93. The highest BCUT2D eigenvalue weighted by molar-refractivity contribution is 7.98. The summed E-state index contributed by atoms with van der Waals surface area (Å²) >= 11 is 1.58. The van der Waals surface area contributed by atoms with Crippen molar-refractivity contribution in [1.29, 1.82) is 0 Å². The largest absolute Gasteiger partial charge is 0.478 e. The standard InChI is InChI=1S/C15H22N2O5S/c1-9(18)6-11-7-12(15(21)22)10(2)17(14(11)20)8-13(19)16-4-5-23-3/h11H,4-8H2,1-3H3,(H,16,19)(H,21,22). The smallest absolute Gasteiger partial charge is 0.333 e. The van der Waals surface area contributed by atoms with Crippen LogP contribution in [0.1, 0.15) is 26.7 Å². The van der Waals surface area contributed by atoms with Gasteiger partial charge in [0.05, 0.1) is 5.57 Å². The van der Waals surface area contributed by atoms with Gasteiger partial charge < -0.3 is 20.1 Å². The highest BCUT2D eigenvalue weighted by Crippen LogP contribution is 2.29. The molecule has 0 saturated carbocycles. The maximum absolute atomic E-state index is 12.5. The van der Waals surface area contributed by atoms with Gasteiger partial charge in [-0.3, -0.25) is 9.59 Å². The highest BCUT2D eigenvalue weighted by Gasteiger charge is 2.36. The fraction of sp³-hybridized carbons (Fsp3) is 0.600. The lowest BCUT2D eigenvalue weighted by Crippen LogP contribution is -2.46. The molecule has 0 saturated heterocycles. The molecule has 0 radical (unpaired) electrons. The summed E-state index contributed by atoms with van der Waals surface area (Å²) in [6.45, 7) is 3.12. The van der Waals surface area contributed by atoms with Crippen LogP contribution in [-0.2, 0) is 19.2 Å². The Hall–Kier alpha value is -1.83. The van der Waals surface area contributed by atoms with Crippen LogP contribution in [0.15, 0.2) is 11.3 Å². The Kier molecular flexibility index (Phi) is 7.28. The second-order valence-electron chi connectivity index (χ2n) is 5.44. The maximum atomic E-state index is 12.5. The van der Waals surface area contributed by atoms with Crippen LogP contribution < -0.4 is 5.32 Å². The molecule has 0 aromatic rings. The van der Waals surface area contributed by atoms with Gasteiger partial charge in [0.25, 0.3) is 0 Å². The van der Waals surface area contributed by atoms with E-state index in [0.29, 0.717) is 6.54 Å². The Labute approximate surface area is 139 Å². The van der Waals surface area contributed by atoms with Crippen LogP contribution in [0.25, 0.3) is 0 Å². The summed E-state index contributed by atoms with van der Waals surface area (Å²) in [6, 6.07) is 0. The number of allylic oxidation sites excluding steroid dienone is 1. The molecule has 0 bridgehead atoms. The lowest BCUT2D eigenvalue weighted by atomic mass is 9.88. The minimum absolute atomic E-state index is 0.0180. The Morgan fingerprint density at radius 3 is 2.57 bits per heavy atom. The zero-order valence-corrected chi connectivity index (χ0v) is 14.4. The summed E-state index contributed by atoms with van der Waals surface area (Å²) < 4.78 is 0. The number of carbonyl (C=O) groups is 4. The Morgan fingerprint density at radius 1 is 1.39 bits per heavy atom. The van der Waals surface area contributed by atoms with Crippen molar-refractivity contribution in [1.82, 2.24) is 10.2 Å². The molecule has 8 heteroatoms. The van der Waals surface area contributed by atoms with E-state index in [1.807, 2.05) is 6.26 Å². The third-order valence-electron chi connectivity index (χ3n) is 3.63. The third-order valence-corrected chi connectivity index (χ3v) is 4.24. The van der Waals surface area contributed by atoms with Gasteiger partial charge in [-0.05, 0) is 26.5 Å². The molecular weight excluding hydrogens is 320 g/mol. The van der Waals surface area contributed by atoms with E-state index in [1.165, 1.54) is 18.7 Å². The normalized spacial score (nSPS) is 18.1. The summed E-state index contributed by atoms with van der Waals surface area (Å²) in [5, 5.41) is 12.0. The second-order valence-corrected chi connectivity index (χ2v) is 6.43. The molecule has 1 rings (SSSR count). The molecule has 2 amide bonds. The summed E-state index contributed by atoms with van der Waals surface area (Å²) in [6.07, 6.45) is 1.91. The first-order valence-corrected chi connectivity index (χ1v) is 8.66. The molecule has 0 aromatic carbocycles. The first-order valence-electron chi connectivity index (χ1n) is 7.27.